The van der Waals surface area contributed by atoms with Gasteiger partial charge in [0.15, 0.2) is 5.78 Å². The van der Waals surface area contributed by atoms with E-state index in [4.69, 9.17) is 9.47 Å². The highest BCUT2D eigenvalue weighted by Crippen LogP contribution is 2.58. The third-order valence-corrected chi connectivity index (χ3v) is 10.9. The lowest BCUT2D eigenvalue weighted by Crippen LogP contribution is -2.56. The van der Waals surface area contributed by atoms with E-state index in [1.165, 1.54) is 5.57 Å². The molecule has 2 aliphatic heterocycles. The van der Waals surface area contributed by atoms with Crippen molar-refractivity contribution in [3.8, 4) is 0 Å². The first-order valence-electron chi connectivity index (χ1n) is 14.0. The highest BCUT2D eigenvalue weighted by Gasteiger charge is 2.57. The summed E-state index contributed by atoms with van der Waals surface area (Å²) >= 11 is 0. The quantitative estimate of drug-likeness (QED) is 0.493. The number of carbonyl (C=O) groups excluding carboxylic acids is 1. The van der Waals surface area contributed by atoms with Crippen LogP contribution in [0.1, 0.15) is 113 Å². The standard InChI is InChI=1S/C30H50O5/c1-19-9-12-24-28(6,16-13-22(31)26(2,3)34-24)20(19)10-11-21-29(7)17-14-23(32)27(4,5)35-25(29)15-18-30(21,8)33/h20-22,24-25,31,33H,1,9-18H2,2-8H3. The monoisotopic (exact) mass is 490 g/mol. The molecule has 5 nitrogen and oxygen atoms in total. The van der Waals surface area contributed by atoms with Gasteiger partial charge in [0.2, 0.25) is 0 Å². The minimum Gasteiger partial charge on any atom is -0.390 e. The SMILES string of the molecule is C=C1CCC2OC(C)(C)C(O)CCC2(C)C1CCC1C(C)(O)CCC2OC(C)(C)C(=O)CCC21C. The van der Waals surface area contributed by atoms with Gasteiger partial charge in [-0.15, -0.1) is 0 Å². The minimum atomic E-state index is -0.791. The number of hydrogen-bond donors (Lipinski definition) is 2. The summed E-state index contributed by atoms with van der Waals surface area (Å²) in [5.74, 6) is 0.493. The Labute approximate surface area is 213 Å². The van der Waals surface area contributed by atoms with Crippen molar-refractivity contribution >= 4 is 5.78 Å². The van der Waals surface area contributed by atoms with Gasteiger partial charge in [0.1, 0.15) is 5.60 Å². The van der Waals surface area contributed by atoms with E-state index in [0.29, 0.717) is 12.8 Å². The Balaban J connectivity index is 1.60. The van der Waals surface area contributed by atoms with E-state index in [9.17, 15) is 15.0 Å². The molecular formula is C30H50O5. The fourth-order valence-electron chi connectivity index (χ4n) is 8.28. The molecule has 4 rings (SSSR count). The van der Waals surface area contributed by atoms with Crippen molar-refractivity contribution in [2.75, 3.05) is 0 Å². The second kappa shape index (κ2) is 8.92. The number of Topliss-reactive ketones (excluding diaryl/α,β-unsaturated/α-hetero) is 1. The molecule has 35 heavy (non-hydrogen) atoms. The van der Waals surface area contributed by atoms with Gasteiger partial charge in [0.05, 0.1) is 29.5 Å². The number of allylic oxidation sites excluding steroid dienone is 1. The van der Waals surface area contributed by atoms with Crippen LogP contribution in [0.3, 0.4) is 0 Å². The molecule has 2 N–H and O–H groups in total. The molecule has 4 fully saturated rings. The summed E-state index contributed by atoms with van der Waals surface area (Å²) in [7, 11) is 0. The molecule has 5 heteroatoms. The Kier molecular flexibility index (Phi) is 6.96. The van der Waals surface area contributed by atoms with Gasteiger partial charge in [-0.05, 0) is 110 Å². The molecule has 2 aliphatic carbocycles. The van der Waals surface area contributed by atoms with Crippen LogP contribution in [-0.4, -0.2) is 51.1 Å². The molecule has 2 saturated heterocycles. The lowest BCUT2D eigenvalue weighted by molar-refractivity contribution is -0.197. The van der Waals surface area contributed by atoms with Crippen LogP contribution in [0, 0.1) is 22.7 Å². The van der Waals surface area contributed by atoms with Crippen molar-refractivity contribution in [3.05, 3.63) is 12.2 Å². The third-order valence-electron chi connectivity index (χ3n) is 10.9. The van der Waals surface area contributed by atoms with Crippen LogP contribution in [-0.2, 0) is 14.3 Å². The summed E-state index contributed by atoms with van der Waals surface area (Å²) in [6, 6.07) is 0. The number of fused-ring (bicyclic) bond motifs is 2. The molecule has 0 aromatic carbocycles. The molecule has 4 aliphatic rings. The number of rotatable bonds is 3. The van der Waals surface area contributed by atoms with Gasteiger partial charge in [0.25, 0.3) is 0 Å². The lowest BCUT2D eigenvalue weighted by Gasteiger charge is -2.55. The predicted molar refractivity (Wildman–Crippen MR) is 138 cm³/mol. The number of ether oxygens (including phenoxy) is 2. The minimum absolute atomic E-state index is 0.0239. The topological polar surface area (TPSA) is 76.0 Å². The third kappa shape index (κ3) is 4.69. The van der Waals surface area contributed by atoms with E-state index in [1.54, 1.807) is 0 Å². The molecule has 0 bridgehead atoms. The lowest BCUT2D eigenvalue weighted by atomic mass is 9.54. The summed E-state index contributed by atoms with van der Waals surface area (Å²) in [5.41, 5.74) is -1.15. The van der Waals surface area contributed by atoms with Gasteiger partial charge in [-0.25, -0.2) is 0 Å². The van der Waals surface area contributed by atoms with Crippen molar-refractivity contribution in [1.29, 1.82) is 0 Å². The van der Waals surface area contributed by atoms with Gasteiger partial charge in [-0.3, -0.25) is 4.79 Å². The Morgan fingerprint density at radius 3 is 2.20 bits per heavy atom. The highest BCUT2D eigenvalue weighted by molar-refractivity contribution is 5.86. The Bertz CT molecular complexity index is 844. The predicted octanol–water partition coefficient (Wildman–Crippen LogP) is 5.75. The van der Waals surface area contributed by atoms with Crippen LogP contribution in [0.15, 0.2) is 12.2 Å². The van der Waals surface area contributed by atoms with Crippen molar-refractivity contribution in [3.63, 3.8) is 0 Å². The van der Waals surface area contributed by atoms with Crippen molar-refractivity contribution < 1.29 is 24.5 Å². The molecule has 8 unspecified atom stereocenters. The van der Waals surface area contributed by atoms with Crippen LogP contribution >= 0.6 is 0 Å². The fraction of sp³-hybridized carbons (Fsp3) is 0.900. The molecule has 2 heterocycles. The van der Waals surface area contributed by atoms with Crippen molar-refractivity contribution in [2.45, 2.75) is 148 Å². The number of aliphatic hydroxyl groups excluding tert-OH is 1. The summed E-state index contributed by atoms with van der Waals surface area (Å²) in [6.45, 7) is 18.9. The first-order valence-corrected chi connectivity index (χ1v) is 14.0. The second-order valence-electron chi connectivity index (χ2n) is 14.1. The largest absolute Gasteiger partial charge is 0.390 e. The van der Waals surface area contributed by atoms with Gasteiger partial charge in [0, 0.05) is 11.8 Å². The molecule has 2 saturated carbocycles. The zero-order valence-electron chi connectivity index (χ0n) is 23.3. The van der Waals surface area contributed by atoms with Crippen LogP contribution < -0.4 is 0 Å². The average molecular weight is 491 g/mol. The van der Waals surface area contributed by atoms with Crippen LogP contribution in [0.2, 0.25) is 0 Å². The van der Waals surface area contributed by atoms with E-state index >= 15 is 0 Å². The Hall–Kier alpha value is -0.750. The zero-order valence-corrected chi connectivity index (χ0v) is 23.3. The van der Waals surface area contributed by atoms with Crippen LogP contribution in [0.25, 0.3) is 0 Å². The maximum absolute atomic E-state index is 12.8. The molecule has 0 radical (unpaired) electrons. The second-order valence-corrected chi connectivity index (χ2v) is 14.1. The van der Waals surface area contributed by atoms with Crippen molar-refractivity contribution in [1.82, 2.24) is 0 Å². The first-order chi connectivity index (χ1) is 16.0. The molecule has 0 amide bonds. The van der Waals surface area contributed by atoms with Gasteiger partial charge in [-0.1, -0.05) is 26.0 Å². The van der Waals surface area contributed by atoms with Crippen molar-refractivity contribution in [2.24, 2.45) is 22.7 Å². The van der Waals surface area contributed by atoms with E-state index < -0.39 is 22.9 Å². The summed E-state index contributed by atoms with van der Waals surface area (Å²) in [6.07, 6.45) is 7.70. The number of carbonyl (C=O) groups is 1. The number of aliphatic hydroxyl groups is 2. The molecule has 200 valence electrons. The number of ketones is 1. The summed E-state index contributed by atoms with van der Waals surface area (Å²) in [5, 5.41) is 22.4. The summed E-state index contributed by atoms with van der Waals surface area (Å²) < 4.78 is 13.1. The average Bonchev–Trinajstić information content (AvgIpc) is 2.90. The van der Waals surface area contributed by atoms with E-state index in [2.05, 4.69) is 20.4 Å². The van der Waals surface area contributed by atoms with E-state index in [-0.39, 0.29) is 40.7 Å². The van der Waals surface area contributed by atoms with Gasteiger partial charge < -0.3 is 19.7 Å². The van der Waals surface area contributed by atoms with Gasteiger partial charge in [-0.2, -0.15) is 0 Å². The van der Waals surface area contributed by atoms with Crippen LogP contribution in [0.5, 0.6) is 0 Å². The van der Waals surface area contributed by atoms with Gasteiger partial charge >= 0.3 is 0 Å². The Morgan fingerprint density at radius 1 is 0.857 bits per heavy atom. The molecule has 0 aromatic rings. The maximum atomic E-state index is 12.8. The molecule has 0 aromatic heterocycles. The van der Waals surface area contributed by atoms with E-state index in [1.807, 2.05) is 34.6 Å². The molecular weight excluding hydrogens is 440 g/mol. The van der Waals surface area contributed by atoms with Crippen LogP contribution in [0.4, 0.5) is 0 Å². The fourth-order valence-corrected chi connectivity index (χ4v) is 8.28. The zero-order chi connectivity index (χ0) is 26.0. The number of hydrogen-bond acceptors (Lipinski definition) is 5. The smallest absolute Gasteiger partial charge is 0.164 e. The summed E-state index contributed by atoms with van der Waals surface area (Å²) in [4.78, 5) is 12.8. The normalized spacial score (nSPS) is 47.9. The first kappa shape index (κ1) is 27.3. The van der Waals surface area contributed by atoms with E-state index in [0.717, 1.165) is 51.4 Å². The maximum Gasteiger partial charge on any atom is 0.164 e. The Morgan fingerprint density at radius 2 is 1.51 bits per heavy atom. The molecule has 8 atom stereocenters. The highest BCUT2D eigenvalue weighted by atomic mass is 16.5. The molecule has 0 spiro atoms.